The predicted octanol–water partition coefficient (Wildman–Crippen LogP) is 3.72. The number of anilines is 1. The Kier molecular flexibility index (Phi) is 4.85. The molecule has 0 saturated carbocycles. The number of hydrogen-bond donors (Lipinski definition) is 1. The molecule has 2 aromatic rings. The highest BCUT2D eigenvalue weighted by molar-refractivity contribution is 7.94. The van der Waals surface area contributed by atoms with E-state index < -0.39 is 10.0 Å². The molecule has 0 radical (unpaired) electrons. The molecular formula is C13H14ClNO2S2. The van der Waals surface area contributed by atoms with Gasteiger partial charge in [0.25, 0.3) is 10.0 Å². The van der Waals surface area contributed by atoms with Gasteiger partial charge in [0.1, 0.15) is 4.21 Å². The van der Waals surface area contributed by atoms with E-state index in [2.05, 4.69) is 4.72 Å². The van der Waals surface area contributed by atoms with Crippen LogP contribution in [0.25, 0.3) is 0 Å². The van der Waals surface area contributed by atoms with Crippen molar-refractivity contribution >= 4 is 38.6 Å². The van der Waals surface area contributed by atoms with Crippen LogP contribution in [0.3, 0.4) is 0 Å². The number of rotatable bonds is 6. The molecule has 0 saturated heterocycles. The van der Waals surface area contributed by atoms with Gasteiger partial charge in [-0.2, -0.15) is 0 Å². The first-order valence-corrected chi connectivity index (χ1v) is 8.73. The van der Waals surface area contributed by atoms with Crippen molar-refractivity contribution in [3.63, 3.8) is 0 Å². The topological polar surface area (TPSA) is 46.2 Å². The molecule has 0 aliphatic carbocycles. The van der Waals surface area contributed by atoms with Gasteiger partial charge < -0.3 is 0 Å². The zero-order chi connectivity index (χ0) is 13.7. The molecule has 102 valence electrons. The molecule has 0 unspecified atom stereocenters. The summed E-state index contributed by atoms with van der Waals surface area (Å²) in [7, 11) is -3.46. The van der Waals surface area contributed by atoms with Crippen molar-refractivity contribution in [2.75, 3.05) is 10.6 Å². The lowest BCUT2D eigenvalue weighted by Gasteiger charge is -2.08. The van der Waals surface area contributed by atoms with Crippen LogP contribution >= 0.6 is 22.9 Å². The molecule has 0 spiro atoms. The zero-order valence-electron chi connectivity index (χ0n) is 10.2. The highest BCUT2D eigenvalue weighted by atomic mass is 35.5. The summed E-state index contributed by atoms with van der Waals surface area (Å²) >= 11 is 6.85. The van der Waals surface area contributed by atoms with Crippen LogP contribution in [-0.4, -0.2) is 14.3 Å². The summed E-state index contributed by atoms with van der Waals surface area (Å²) in [6, 6.07) is 10.7. The highest BCUT2D eigenvalue weighted by Gasteiger charge is 2.14. The quantitative estimate of drug-likeness (QED) is 0.826. The second-order valence-corrected chi connectivity index (χ2v) is 7.27. The molecule has 1 heterocycles. The van der Waals surface area contributed by atoms with E-state index in [1.807, 2.05) is 18.2 Å². The second kappa shape index (κ2) is 6.41. The van der Waals surface area contributed by atoms with E-state index in [1.54, 1.807) is 23.6 Å². The van der Waals surface area contributed by atoms with Gasteiger partial charge in [-0.25, -0.2) is 8.42 Å². The maximum atomic E-state index is 12.1. The molecule has 0 aliphatic rings. The maximum Gasteiger partial charge on any atom is 0.271 e. The Balaban J connectivity index is 2.15. The molecule has 0 amide bonds. The second-order valence-electron chi connectivity index (χ2n) is 4.03. The van der Waals surface area contributed by atoms with Crippen LogP contribution in [-0.2, 0) is 16.4 Å². The molecule has 1 aromatic carbocycles. The standard InChI is InChI=1S/C13H14ClNO2S2/c14-8-2-5-11-4-1-6-12(10-11)15-19(16,17)13-7-3-9-18-13/h1,3-4,6-7,9-10,15H,2,5,8H2. The van der Waals surface area contributed by atoms with E-state index in [0.717, 1.165) is 18.4 Å². The Bertz CT molecular complexity index is 624. The fourth-order valence-corrected chi connectivity index (χ4v) is 3.86. The molecular weight excluding hydrogens is 302 g/mol. The summed E-state index contributed by atoms with van der Waals surface area (Å²) in [4.78, 5) is 0. The van der Waals surface area contributed by atoms with Gasteiger partial charge in [-0.05, 0) is 42.0 Å². The van der Waals surface area contributed by atoms with Crippen molar-refractivity contribution in [1.29, 1.82) is 0 Å². The Morgan fingerprint density at radius 2 is 2.05 bits per heavy atom. The SMILES string of the molecule is O=S(=O)(Nc1cccc(CCCCl)c1)c1cccs1. The molecule has 1 aromatic heterocycles. The van der Waals surface area contributed by atoms with E-state index in [4.69, 9.17) is 11.6 Å². The summed E-state index contributed by atoms with van der Waals surface area (Å²) in [5, 5.41) is 1.74. The molecule has 1 N–H and O–H groups in total. The lowest BCUT2D eigenvalue weighted by Crippen LogP contribution is -2.11. The van der Waals surface area contributed by atoms with Gasteiger partial charge in [0.05, 0.1) is 0 Å². The molecule has 0 bridgehead atoms. The van der Waals surface area contributed by atoms with Gasteiger partial charge in [0, 0.05) is 11.6 Å². The minimum absolute atomic E-state index is 0.318. The minimum Gasteiger partial charge on any atom is -0.279 e. The smallest absolute Gasteiger partial charge is 0.271 e. The average molecular weight is 316 g/mol. The number of nitrogens with one attached hydrogen (secondary N) is 1. The number of alkyl halides is 1. The third-order valence-electron chi connectivity index (χ3n) is 2.54. The Morgan fingerprint density at radius 1 is 1.21 bits per heavy atom. The Hall–Kier alpha value is -1.04. The number of halogens is 1. The lowest BCUT2D eigenvalue weighted by atomic mass is 10.1. The van der Waals surface area contributed by atoms with Crippen LogP contribution in [0.4, 0.5) is 5.69 Å². The van der Waals surface area contributed by atoms with Crippen LogP contribution in [0.15, 0.2) is 46.0 Å². The van der Waals surface area contributed by atoms with Gasteiger partial charge in [0.15, 0.2) is 0 Å². The van der Waals surface area contributed by atoms with Gasteiger partial charge in [-0.3, -0.25) is 4.72 Å². The van der Waals surface area contributed by atoms with Crippen molar-refractivity contribution < 1.29 is 8.42 Å². The molecule has 0 aliphatic heterocycles. The van der Waals surface area contributed by atoms with Crippen molar-refractivity contribution in [2.45, 2.75) is 17.1 Å². The summed E-state index contributed by atoms with van der Waals surface area (Å²) < 4.78 is 27.0. The normalized spacial score (nSPS) is 11.4. The van der Waals surface area contributed by atoms with Gasteiger partial charge in [-0.15, -0.1) is 22.9 Å². The van der Waals surface area contributed by atoms with Crippen LogP contribution in [0.1, 0.15) is 12.0 Å². The summed E-state index contributed by atoms with van der Waals surface area (Å²) in [6.45, 7) is 0. The number of benzene rings is 1. The molecule has 19 heavy (non-hydrogen) atoms. The first-order valence-electron chi connectivity index (χ1n) is 5.83. The highest BCUT2D eigenvalue weighted by Crippen LogP contribution is 2.21. The van der Waals surface area contributed by atoms with Crippen molar-refractivity contribution in [1.82, 2.24) is 0 Å². The van der Waals surface area contributed by atoms with Gasteiger partial charge in [0.2, 0.25) is 0 Å². The number of thiophene rings is 1. The Labute approximate surface area is 122 Å². The van der Waals surface area contributed by atoms with Crippen LogP contribution in [0, 0.1) is 0 Å². The van der Waals surface area contributed by atoms with E-state index >= 15 is 0 Å². The first-order chi connectivity index (χ1) is 9.12. The monoisotopic (exact) mass is 315 g/mol. The third kappa shape index (κ3) is 3.96. The number of aryl methyl sites for hydroxylation is 1. The van der Waals surface area contributed by atoms with Crippen LogP contribution < -0.4 is 4.72 Å². The number of hydrogen-bond acceptors (Lipinski definition) is 3. The van der Waals surface area contributed by atoms with E-state index in [-0.39, 0.29) is 0 Å². The first kappa shape index (κ1) is 14.4. The molecule has 2 rings (SSSR count). The maximum absolute atomic E-state index is 12.1. The molecule has 0 atom stereocenters. The molecule has 0 fully saturated rings. The minimum atomic E-state index is -3.46. The van der Waals surface area contributed by atoms with E-state index in [9.17, 15) is 8.42 Å². The Morgan fingerprint density at radius 3 is 2.74 bits per heavy atom. The van der Waals surface area contributed by atoms with E-state index in [1.165, 1.54) is 11.3 Å². The fraction of sp³-hybridized carbons (Fsp3) is 0.231. The van der Waals surface area contributed by atoms with Crippen LogP contribution in [0.2, 0.25) is 0 Å². The third-order valence-corrected chi connectivity index (χ3v) is 5.58. The molecule has 6 heteroatoms. The molecule has 3 nitrogen and oxygen atoms in total. The fourth-order valence-electron chi connectivity index (χ4n) is 1.68. The van der Waals surface area contributed by atoms with Crippen molar-refractivity contribution in [3.8, 4) is 0 Å². The number of sulfonamides is 1. The average Bonchev–Trinajstić information content (AvgIpc) is 2.91. The summed E-state index contributed by atoms with van der Waals surface area (Å²) in [6.07, 6.45) is 1.72. The summed E-state index contributed by atoms with van der Waals surface area (Å²) in [5.74, 6) is 0.602. The van der Waals surface area contributed by atoms with Gasteiger partial charge >= 0.3 is 0 Å². The predicted molar refractivity (Wildman–Crippen MR) is 80.6 cm³/mol. The van der Waals surface area contributed by atoms with Crippen LogP contribution in [0.5, 0.6) is 0 Å². The van der Waals surface area contributed by atoms with Gasteiger partial charge in [-0.1, -0.05) is 18.2 Å². The van der Waals surface area contributed by atoms with E-state index in [0.29, 0.717) is 15.8 Å². The lowest BCUT2D eigenvalue weighted by molar-refractivity contribution is 0.603. The summed E-state index contributed by atoms with van der Waals surface area (Å²) in [5.41, 5.74) is 1.66. The largest absolute Gasteiger partial charge is 0.279 e. The zero-order valence-corrected chi connectivity index (χ0v) is 12.6. The van der Waals surface area contributed by atoms with Crippen molar-refractivity contribution in [2.24, 2.45) is 0 Å². The van der Waals surface area contributed by atoms with Crippen molar-refractivity contribution in [3.05, 3.63) is 47.3 Å².